The molecule has 0 atom stereocenters. The number of nitrogens with zero attached hydrogens (tertiary/aromatic N) is 1. The molecule has 25 heavy (non-hydrogen) atoms. The van der Waals surface area contributed by atoms with E-state index in [0.29, 0.717) is 28.2 Å². The highest BCUT2D eigenvalue weighted by molar-refractivity contribution is 6.24. The lowest BCUT2D eigenvalue weighted by atomic mass is 10.0. The van der Waals surface area contributed by atoms with Crippen LogP contribution in [0, 0.1) is 0 Å². The highest BCUT2D eigenvalue weighted by atomic mass is 16.5. The van der Waals surface area contributed by atoms with Crippen molar-refractivity contribution in [2.24, 2.45) is 0 Å². The summed E-state index contributed by atoms with van der Waals surface area (Å²) in [4.78, 5) is 24.1. The Kier molecular flexibility index (Phi) is 3.39. The second-order valence-corrected chi connectivity index (χ2v) is 5.82. The second kappa shape index (κ2) is 5.59. The molecule has 3 aromatic rings. The van der Waals surface area contributed by atoms with Gasteiger partial charge in [0.15, 0.2) is 5.78 Å². The quantitative estimate of drug-likeness (QED) is 0.603. The van der Waals surface area contributed by atoms with Gasteiger partial charge in [0.2, 0.25) is 5.91 Å². The van der Waals surface area contributed by atoms with Gasteiger partial charge in [0.05, 0.1) is 18.4 Å². The van der Waals surface area contributed by atoms with Crippen molar-refractivity contribution in [3.8, 4) is 28.3 Å². The predicted molar refractivity (Wildman–Crippen MR) is 93.7 cm³/mol. The standard InChI is InChI=1S/C19H15N3O3/c1-10(23)20-12-5-8-14-15(9-12)19(24)16-17(21-22-18(14)16)11-3-6-13(25-2)7-4-11/h3-9H,1-2H3,(H,20,23)(H,21,22). The van der Waals surface area contributed by atoms with Gasteiger partial charge >= 0.3 is 0 Å². The fourth-order valence-corrected chi connectivity index (χ4v) is 3.08. The van der Waals surface area contributed by atoms with E-state index in [0.717, 1.165) is 16.9 Å². The Balaban J connectivity index is 1.78. The maximum Gasteiger partial charge on any atom is 0.221 e. The molecule has 2 N–H and O–H groups in total. The fourth-order valence-electron chi connectivity index (χ4n) is 3.08. The first-order chi connectivity index (χ1) is 12.1. The van der Waals surface area contributed by atoms with Crippen LogP contribution in [0.5, 0.6) is 5.75 Å². The van der Waals surface area contributed by atoms with Crippen LogP contribution < -0.4 is 10.1 Å². The van der Waals surface area contributed by atoms with E-state index in [2.05, 4.69) is 15.5 Å². The molecule has 1 heterocycles. The number of H-pyrrole nitrogens is 1. The number of ketones is 1. The molecule has 1 aromatic heterocycles. The highest BCUT2D eigenvalue weighted by Gasteiger charge is 2.32. The molecule has 0 aliphatic heterocycles. The Morgan fingerprint density at radius 1 is 1.12 bits per heavy atom. The van der Waals surface area contributed by atoms with Gasteiger partial charge in [0.25, 0.3) is 0 Å². The molecule has 124 valence electrons. The lowest BCUT2D eigenvalue weighted by Crippen LogP contribution is -2.06. The van der Waals surface area contributed by atoms with Crippen LogP contribution in [0.25, 0.3) is 22.5 Å². The summed E-state index contributed by atoms with van der Waals surface area (Å²) in [6.07, 6.45) is 0. The Hall–Kier alpha value is -3.41. The van der Waals surface area contributed by atoms with E-state index < -0.39 is 0 Å². The zero-order valence-corrected chi connectivity index (χ0v) is 13.7. The normalized spacial score (nSPS) is 11.8. The van der Waals surface area contributed by atoms with Crippen LogP contribution in [-0.4, -0.2) is 29.0 Å². The minimum Gasteiger partial charge on any atom is -0.497 e. The van der Waals surface area contributed by atoms with Gasteiger partial charge in [-0.25, -0.2) is 0 Å². The number of anilines is 1. The van der Waals surface area contributed by atoms with E-state index in [9.17, 15) is 9.59 Å². The number of benzene rings is 2. The molecule has 0 bridgehead atoms. The summed E-state index contributed by atoms with van der Waals surface area (Å²) in [5.74, 6) is 0.465. The molecule has 0 radical (unpaired) electrons. The van der Waals surface area contributed by atoms with Crippen LogP contribution in [0.1, 0.15) is 22.8 Å². The number of nitrogens with one attached hydrogen (secondary N) is 2. The molecular formula is C19H15N3O3. The van der Waals surface area contributed by atoms with Crippen molar-refractivity contribution in [1.82, 2.24) is 10.2 Å². The van der Waals surface area contributed by atoms with Gasteiger partial charge < -0.3 is 10.1 Å². The minimum absolute atomic E-state index is 0.100. The van der Waals surface area contributed by atoms with Crippen LogP contribution in [0.2, 0.25) is 0 Å². The Labute approximate surface area is 143 Å². The summed E-state index contributed by atoms with van der Waals surface area (Å²) < 4.78 is 5.17. The molecule has 0 saturated carbocycles. The number of ether oxygens (including phenoxy) is 1. The number of aromatic nitrogens is 2. The number of rotatable bonds is 3. The van der Waals surface area contributed by atoms with Crippen LogP contribution in [0.15, 0.2) is 42.5 Å². The molecule has 6 nitrogen and oxygen atoms in total. The van der Waals surface area contributed by atoms with Crippen LogP contribution in [0.3, 0.4) is 0 Å². The van der Waals surface area contributed by atoms with E-state index >= 15 is 0 Å². The van der Waals surface area contributed by atoms with Crippen molar-refractivity contribution in [1.29, 1.82) is 0 Å². The third-order valence-electron chi connectivity index (χ3n) is 4.21. The van der Waals surface area contributed by atoms with Gasteiger partial charge in [0, 0.05) is 29.3 Å². The van der Waals surface area contributed by atoms with Gasteiger partial charge in [0.1, 0.15) is 11.4 Å². The van der Waals surface area contributed by atoms with Crippen molar-refractivity contribution >= 4 is 17.4 Å². The second-order valence-electron chi connectivity index (χ2n) is 5.82. The van der Waals surface area contributed by atoms with E-state index in [1.54, 1.807) is 19.2 Å². The van der Waals surface area contributed by atoms with Crippen molar-refractivity contribution in [2.45, 2.75) is 6.92 Å². The summed E-state index contributed by atoms with van der Waals surface area (Å²) in [5.41, 5.74) is 4.66. The molecule has 0 fully saturated rings. The molecule has 2 aromatic carbocycles. The Morgan fingerprint density at radius 3 is 2.56 bits per heavy atom. The average Bonchev–Trinajstić information content (AvgIpc) is 3.15. The number of aromatic amines is 1. The van der Waals surface area contributed by atoms with Gasteiger partial charge in [-0.1, -0.05) is 0 Å². The third-order valence-corrected chi connectivity index (χ3v) is 4.21. The van der Waals surface area contributed by atoms with Crippen LogP contribution >= 0.6 is 0 Å². The molecule has 0 saturated heterocycles. The molecule has 4 rings (SSSR count). The lowest BCUT2D eigenvalue weighted by molar-refractivity contribution is -0.114. The van der Waals surface area contributed by atoms with E-state index in [1.165, 1.54) is 6.92 Å². The van der Waals surface area contributed by atoms with Gasteiger partial charge in [-0.2, -0.15) is 5.10 Å². The van der Waals surface area contributed by atoms with Crippen molar-refractivity contribution in [3.63, 3.8) is 0 Å². The van der Waals surface area contributed by atoms with Crippen LogP contribution in [-0.2, 0) is 4.79 Å². The number of carbonyl (C=O) groups excluding carboxylic acids is 2. The number of carbonyl (C=O) groups is 2. The Bertz CT molecular complexity index is 1000. The fraction of sp³-hybridized carbons (Fsp3) is 0.105. The molecule has 1 amide bonds. The van der Waals surface area contributed by atoms with Crippen LogP contribution in [0.4, 0.5) is 5.69 Å². The minimum atomic E-state index is -0.176. The average molecular weight is 333 g/mol. The first-order valence-corrected chi connectivity index (χ1v) is 7.78. The first kappa shape index (κ1) is 15.1. The molecule has 0 spiro atoms. The number of methoxy groups -OCH3 is 1. The maximum atomic E-state index is 12.9. The summed E-state index contributed by atoms with van der Waals surface area (Å²) in [6, 6.07) is 12.7. The highest BCUT2D eigenvalue weighted by Crippen LogP contribution is 2.41. The molecule has 0 unspecified atom stereocenters. The Morgan fingerprint density at radius 2 is 1.88 bits per heavy atom. The van der Waals surface area contributed by atoms with Gasteiger partial charge in [-0.3, -0.25) is 14.7 Å². The molecule has 6 heteroatoms. The summed E-state index contributed by atoms with van der Waals surface area (Å²) in [5, 5.41) is 10.0. The number of fused-ring (bicyclic) bond motifs is 3. The van der Waals surface area contributed by atoms with Crippen molar-refractivity contribution < 1.29 is 14.3 Å². The zero-order valence-electron chi connectivity index (χ0n) is 13.7. The molecule has 1 aliphatic rings. The molecule has 1 aliphatic carbocycles. The van der Waals surface area contributed by atoms with E-state index in [-0.39, 0.29) is 11.7 Å². The van der Waals surface area contributed by atoms with Crippen molar-refractivity contribution in [2.75, 3.05) is 12.4 Å². The van der Waals surface area contributed by atoms with E-state index in [4.69, 9.17) is 4.74 Å². The summed E-state index contributed by atoms with van der Waals surface area (Å²) in [7, 11) is 1.61. The smallest absolute Gasteiger partial charge is 0.221 e. The summed E-state index contributed by atoms with van der Waals surface area (Å²) >= 11 is 0. The summed E-state index contributed by atoms with van der Waals surface area (Å²) in [6.45, 7) is 1.43. The number of amides is 1. The van der Waals surface area contributed by atoms with Gasteiger partial charge in [-0.15, -0.1) is 0 Å². The lowest BCUT2D eigenvalue weighted by Gasteiger charge is -2.05. The van der Waals surface area contributed by atoms with Gasteiger partial charge in [-0.05, 0) is 42.5 Å². The number of hydrogen-bond acceptors (Lipinski definition) is 4. The first-order valence-electron chi connectivity index (χ1n) is 7.78. The largest absolute Gasteiger partial charge is 0.497 e. The topological polar surface area (TPSA) is 84.1 Å². The monoisotopic (exact) mass is 333 g/mol. The third kappa shape index (κ3) is 2.39. The maximum absolute atomic E-state index is 12.9. The zero-order chi connectivity index (χ0) is 17.6. The molecular weight excluding hydrogens is 318 g/mol. The van der Waals surface area contributed by atoms with Crippen molar-refractivity contribution in [3.05, 3.63) is 53.6 Å². The predicted octanol–water partition coefficient (Wildman–Crippen LogP) is 3.26. The van der Waals surface area contributed by atoms with E-state index in [1.807, 2.05) is 30.3 Å². The SMILES string of the molecule is COc1ccc(-c2n[nH]c3c2C(=O)c2cc(NC(C)=O)ccc2-3)cc1. The number of hydrogen-bond donors (Lipinski definition) is 2.